The summed E-state index contributed by atoms with van der Waals surface area (Å²) < 4.78 is 0. The van der Waals surface area contributed by atoms with Gasteiger partial charge in [0.15, 0.2) is 5.50 Å². The molecule has 0 saturated carbocycles. The Bertz CT molecular complexity index is 962. The van der Waals surface area contributed by atoms with E-state index in [1.54, 1.807) is 12.1 Å². The molecule has 0 amide bonds. The number of aromatic nitrogens is 2. The Labute approximate surface area is 142 Å². The summed E-state index contributed by atoms with van der Waals surface area (Å²) in [6.07, 6.45) is 0. The van der Waals surface area contributed by atoms with E-state index in [1.807, 2.05) is 24.3 Å². The molecule has 1 unspecified atom stereocenters. The zero-order chi connectivity index (χ0) is 16.8. The van der Waals surface area contributed by atoms with Gasteiger partial charge in [-0.3, -0.25) is 5.41 Å². The van der Waals surface area contributed by atoms with Crippen LogP contribution in [0.1, 0.15) is 5.82 Å². The average Bonchev–Trinajstić information content (AvgIpc) is 3.07. The minimum Gasteiger partial charge on any atom is -0.508 e. The first kappa shape index (κ1) is 14.6. The fourth-order valence-electron chi connectivity index (χ4n) is 2.80. The molecule has 0 radical (unpaired) electrons. The predicted molar refractivity (Wildman–Crippen MR) is 93.6 cm³/mol. The van der Waals surface area contributed by atoms with E-state index in [0.717, 1.165) is 11.0 Å². The second-order valence-corrected chi connectivity index (χ2v) is 5.85. The Hall–Kier alpha value is -2.99. The SMILES string of the molecule is N=C1C(c2nc3ccccc3[nH]2)=C(O)C(Cl)N1c1cccc(O)c1. The maximum absolute atomic E-state index is 10.5. The van der Waals surface area contributed by atoms with E-state index in [2.05, 4.69) is 9.97 Å². The average molecular weight is 341 g/mol. The number of benzene rings is 2. The molecule has 7 heteroatoms. The number of halogens is 1. The number of phenols is 1. The molecule has 4 rings (SSSR count). The van der Waals surface area contributed by atoms with Gasteiger partial charge >= 0.3 is 0 Å². The quantitative estimate of drug-likeness (QED) is 0.423. The molecule has 0 aliphatic carbocycles. The van der Waals surface area contributed by atoms with E-state index in [4.69, 9.17) is 17.0 Å². The van der Waals surface area contributed by atoms with Crippen molar-refractivity contribution in [1.82, 2.24) is 9.97 Å². The van der Waals surface area contributed by atoms with E-state index in [9.17, 15) is 10.2 Å². The summed E-state index contributed by atoms with van der Waals surface area (Å²) in [5, 5.41) is 28.5. The molecule has 0 saturated heterocycles. The summed E-state index contributed by atoms with van der Waals surface area (Å²) >= 11 is 6.31. The third kappa shape index (κ3) is 2.11. The number of aliphatic hydroxyl groups is 1. The van der Waals surface area contributed by atoms with Gasteiger partial charge in [-0.15, -0.1) is 0 Å². The maximum atomic E-state index is 10.5. The van der Waals surface area contributed by atoms with E-state index in [0.29, 0.717) is 11.5 Å². The molecule has 1 aliphatic rings. The Balaban J connectivity index is 1.80. The molecule has 3 aromatic rings. The molecule has 2 heterocycles. The number of nitrogens with zero attached hydrogens (tertiary/aromatic N) is 2. The highest BCUT2D eigenvalue weighted by atomic mass is 35.5. The highest BCUT2D eigenvalue weighted by Gasteiger charge is 2.38. The molecule has 1 aliphatic heterocycles. The van der Waals surface area contributed by atoms with Crippen LogP contribution in [-0.2, 0) is 0 Å². The van der Waals surface area contributed by atoms with Gasteiger partial charge in [-0.1, -0.05) is 29.8 Å². The number of nitrogens with one attached hydrogen (secondary N) is 2. The number of phenolic OH excluding ortho intramolecular Hbond substituents is 1. The van der Waals surface area contributed by atoms with Gasteiger partial charge in [0.2, 0.25) is 0 Å². The monoisotopic (exact) mass is 340 g/mol. The van der Waals surface area contributed by atoms with Crippen molar-refractivity contribution in [3.05, 3.63) is 60.1 Å². The summed E-state index contributed by atoms with van der Waals surface area (Å²) in [6.45, 7) is 0. The molecule has 1 atom stereocenters. The third-order valence-electron chi connectivity index (χ3n) is 3.92. The van der Waals surface area contributed by atoms with Gasteiger partial charge < -0.3 is 20.1 Å². The number of aromatic hydroxyl groups is 1. The van der Waals surface area contributed by atoms with Crippen LogP contribution in [0.25, 0.3) is 16.6 Å². The van der Waals surface area contributed by atoms with Crippen molar-refractivity contribution in [3.8, 4) is 5.75 Å². The number of hydrogen-bond donors (Lipinski definition) is 4. The van der Waals surface area contributed by atoms with E-state index < -0.39 is 5.50 Å². The van der Waals surface area contributed by atoms with E-state index >= 15 is 0 Å². The lowest BCUT2D eigenvalue weighted by Crippen LogP contribution is -2.31. The van der Waals surface area contributed by atoms with E-state index in [1.165, 1.54) is 17.0 Å². The number of H-pyrrole nitrogens is 1. The van der Waals surface area contributed by atoms with Crippen molar-refractivity contribution in [2.45, 2.75) is 5.50 Å². The summed E-state index contributed by atoms with van der Waals surface area (Å²) in [6, 6.07) is 13.8. The van der Waals surface area contributed by atoms with Crippen molar-refractivity contribution in [1.29, 1.82) is 5.41 Å². The van der Waals surface area contributed by atoms with Crippen LogP contribution in [0.3, 0.4) is 0 Å². The number of aromatic amines is 1. The molecule has 1 aromatic heterocycles. The first-order chi connectivity index (χ1) is 11.6. The Morgan fingerprint density at radius 1 is 1.12 bits per heavy atom. The van der Waals surface area contributed by atoms with Crippen LogP contribution >= 0.6 is 11.6 Å². The van der Waals surface area contributed by atoms with Gasteiger partial charge in [0, 0.05) is 11.8 Å². The Kier molecular flexibility index (Phi) is 3.21. The van der Waals surface area contributed by atoms with Gasteiger partial charge in [0.25, 0.3) is 0 Å². The second kappa shape index (κ2) is 5.28. The first-order valence-electron chi connectivity index (χ1n) is 7.26. The first-order valence-corrected chi connectivity index (χ1v) is 7.69. The van der Waals surface area contributed by atoms with Crippen molar-refractivity contribution < 1.29 is 10.2 Å². The maximum Gasteiger partial charge on any atom is 0.168 e. The Morgan fingerprint density at radius 2 is 1.92 bits per heavy atom. The minimum atomic E-state index is -0.942. The van der Waals surface area contributed by atoms with Crippen LogP contribution in [-0.4, -0.2) is 31.5 Å². The zero-order valence-corrected chi connectivity index (χ0v) is 13.1. The molecular formula is C17H13ClN4O2. The van der Waals surface area contributed by atoms with Gasteiger partial charge in [-0.2, -0.15) is 0 Å². The molecule has 0 fully saturated rings. The lowest BCUT2D eigenvalue weighted by Gasteiger charge is -2.22. The topological polar surface area (TPSA) is 96.2 Å². The molecule has 120 valence electrons. The molecular weight excluding hydrogens is 328 g/mol. The van der Waals surface area contributed by atoms with Crippen molar-refractivity contribution >= 4 is 39.7 Å². The molecule has 4 N–H and O–H groups in total. The standard InChI is InChI=1S/C17H13ClN4O2/c18-15-14(24)13(17-20-11-6-1-2-7-12(11)21-17)16(19)22(15)9-4-3-5-10(23)8-9/h1-8,15,19,23-24H,(H,20,21). The van der Waals surface area contributed by atoms with Gasteiger partial charge in [0.1, 0.15) is 28.7 Å². The highest BCUT2D eigenvalue weighted by Crippen LogP contribution is 2.37. The van der Waals surface area contributed by atoms with Crippen LogP contribution < -0.4 is 4.90 Å². The summed E-state index contributed by atoms with van der Waals surface area (Å²) in [4.78, 5) is 8.95. The summed E-state index contributed by atoms with van der Waals surface area (Å²) in [5.74, 6) is 0.300. The van der Waals surface area contributed by atoms with Crippen LogP contribution in [0.4, 0.5) is 5.69 Å². The number of aliphatic hydroxyl groups excluding tert-OH is 1. The number of hydrogen-bond acceptors (Lipinski definition) is 4. The molecule has 2 aromatic carbocycles. The largest absolute Gasteiger partial charge is 0.508 e. The zero-order valence-electron chi connectivity index (χ0n) is 12.4. The van der Waals surface area contributed by atoms with Crippen molar-refractivity contribution in [3.63, 3.8) is 0 Å². The predicted octanol–water partition coefficient (Wildman–Crippen LogP) is 3.60. The normalized spacial score (nSPS) is 18.0. The number of amidine groups is 1. The number of rotatable bonds is 2. The lowest BCUT2D eigenvalue weighted by atomic mass is 10.2. The van der Waals surface area contributed by atoms with Crippen LogP contribution in [0.2, 0.25) is 0 Å². The summed E-state index contributed by atoms with van der Waals surface area (Å²) in [7, 11) is 0. The van der Waals surface area contributed by atoms with E-state index in [-0.39, 0.29) is 22.9 Å². The van der Waals surface area contributed by atoms with Gasteiger partial charge in [-0.05, 0) is 24.3 Å². The second-order valence-electron chi connectivity index (χ2n) is 5.44. The van der Waals surface area contributed by atoms with Gasteiger partial charge in [0.05, 0.1) is 11.0 Å². The number of fused-ring (bicyclic) bond motifs is 1. The smallest absolute Gasteiger partial charge is 0.168 e. The molecule has 0 bridgehead atoms. The van der Waals surface area contributed by atoms with Crippen LogP contribution in [0, 0.1) is 5.41 Å². The highest BCUT2D eigenvalue weighted by molar-refractivity contribution is 6.39. The fraction of sp³-hybridized carbons (Fsp3) is 0.0588. The van der Waals surface area contributed by atoms with Crippen molar-refractivity contribution in [2.24, 2.45) is 0 Å². The number of alkyl halides is 1. The third-order valence-corrected chi connectivity index (χ3v) is 4.32. The minimum absolute atomic E-state index is 0.0113. The molecule has 24 heavy (non-hydrogen) atoms. The van der Waals surface area contributed by atoms with Crippen LogP contribution in [0.15, 0.2) is 54.3 Å². The Morgan fingerprint density at radius 3 is 2.67 bits per heavy atom. The lowest BCUT2D eigenvalue weighted by molar-refractivity contribution is 0.402. The molecule has 6 nitrogen and oxygen atoms in total. The molecule has 0 spiro atoms. The van der Waals surface area contributed by atoms with Gasteiger partial charge in [-0.25, -0.2) is 4.98 Å². The summed E-state index contributed by atoms with van der Waals surface area (Å²) in [5.41, 5.74) is 1.36. The number of para-hydroxylation sites is 2. The fourth-order valence-corrected chi connectivity index (χ4v) is 3.12. The number of anilines is 1. The van der Waals surface area contributed by atoms with Crippen molar-refractivity contribution in [2.75, 3.05) is 4.90 Å². The van der Waals surface area contributed by atoms with Crippen LogP contribution in [0.5, 0.6) is 5.75 Å². The number of imidazole rings is 1.